The van der Waals surface area contributed by atoms with Crippen LogP contribution in [0, 0.1) is 18.8 Å². The van der Waals surface area contributed by atoms with Gasteiger partial charge >= 0.3 is 5.97 Å². The van der Waals surface area contributed by atoms with Gasteiger partial charge in [-0.2, -0.15) is 0 Å². The lowest BCUT2D eigenvalue weighted by molar-refractivity contribution is -0.147. The number of carboxylic acid groups (broad SMARTS) is 1. The fourth-order valence-electron chi connectivity index (χ4n) is 4.40. The van der Waals surface area contributed by atoms with E-state index in [1.54, 1.807) is 30.3 Å². The summed E-state index contributed by atoms with van der Waals surface area (Å²) >= 11 is 3.34. The van der Waals surface area contributed by atoms with Crippen LogP contribution in [0.1, 0.15) is 24.1 Å². The van der Waals surface area contributed by atoms with E-state index in [0.717, 1.165) is 10.5 Å². The summed E-state index contributed by atoms with van der Waals surface area (Å²) in [7, 11) is 0. The first kappa shape index (κ1) is 19.6. The predicted molar refractivity (Wildman–Crippen MR) is 108 cm³/mol. The molecule has 2 heterocycles. The quantitative estimate of drug-likeness (QED) is 0.610. The fraction of sp³-hybridized carbons (Fsp3) is 0.286. The van der Waals surface area contributed by atoms with Crippen LogP contribution in [0.15, 0.2) is 46.9 Å². The summed E-state index contributed by atoms with van der Waals surface area (Å²) in [5, 5.41) is 23.2. The molecule has 3 N–H and O–H groups in total. The number of carboxylic acids is 1. The van der Waals surface area contributed by atoms with Crippen LogP contribution in [-0.4, -0.2) is 33.5 Å². The summed E-state index contributed by atoms with van der Waals surface area (Å²) in [6.45, 7) is 3.26. The van der Waals surface area contributed by atoms with Crippen LogP contribution in [0.2, 0.25) is 0 Å². The highest BCUT2D eigenvalue weighted by molar-refractivity contribution is 9.10. The van der Waals surface area contributed by atoms with E-state index in [2.05, 4.69) is 21.2 Å². The number of fused-ring (bicyclic) bond motifs is 1. The number of imide groups is 1. The van der Waals surface area contributed by atoms with Gasteiger partial charge in [-0.1, -0.05) is 28.1 Å². The van der Waals surface area contributed by atoms with Crippen LogP contribution in [0.4, 0.5) is 5.69 Å². The van der Waals surface area contributed by atoms with Crippen LogP contribution >= 0.6 is 15.9 Å². The molecule has 29 heavy (non-hydrogen) atoms. The van der Waals surface area contributed by atoms with Crippen molar-refractivity contribution >= 4 is 39.4 Å². The smallest absolute Gasteiger partial charge is 0.324 e. The summed E-state index contributed by atoms with van der Waals surface area (Å²) in [6.07, 6.45) is 0. The molecule has 2 aliphatic rings. The lowest BCUT2D eigenvalue weighted by atomic mass is 9.80. The second kappa shape index (κ2) is 6.67. The molecule has 4 atom stereocenters. The van der Waals surface area contributed by atoms with Gasteiger partial charge in [-0.3, -0.25) is 19.7 Å². The largest absolute Gasteiger partial charge is 0.508 e. The Balaban J connectivity index is 1.86. The number of carbonyl (C=O) groups is 3. The van der Waals surface area contributed by atoms with E-state index in [4.69, 9.17) is 0 Å². The van der Waals surface area contributed by atoms with Crippen molar-refractivity contribution in [3.05, 3.63) is 58.1 Å². The summed E-state index contributed by atoms with van der Waals surface area (Å²) < 4.78 is 0.667. The second-order valence-corrected chi connectivity index (χ2v) is 8.60. The molecule has 0 unspecified atom stereocenters. The minimum Gasteiger partial charge on any atom is -0.508 e. The summed E-state index contributed by atoms with van der Waals surface area (Å²) in [5.41, 5.74) is 0.00138. The maximum Gasteiger partial charge on any atom is 0.324 e. The minimum absolute atomic E-state index is 0.0756. The third kappa shape index (κ3) is 2.86. The van der Waals surface area contributed by atoms with E-state index in [-0.39, 0.29) is 5.75 Å². The molecule has 0 saturated carbocycles. The SMILES string of the molecule is Cc1cccc(N2C(=O)[C@@H]3[C@H](c4cc(Br)ccc4O)N[C@](C)(C(=O)O)[C@H]3C2=O)c1. The summed E-state index contributed by atoms with van der Waals surface area (Å²) in [4.78, 5) is 39.9. The number of benzene rings is 2. The van der Waals surface area contributed by atoms with Crippen molar-refractivity contribution in [2.45, 2.75) is 25.4 Å². The Morgan fingerprint density at radius 1 is 1.17 bits per heavy atom. The second-order valence-electron chi connectivity index (χ2n) is 7.69. The number of phenols is 1. The van der Waals surface area contributed by atoms with Crippen molar-refractivity contribution in [2.24, 2.45) is 11.8 Å². The third-order valence-corrected chi connectivity index (χ3v) is 6.31. The molecule has 2 aromatic carbocycles. The lowest BCUT2D eigenvalue weighted by Crippen LogP contribution is -2.53. The zero-order chi connectivity index (χ0) is 21.1. The Labute approximate surface area is 175 Å². The van der Waals surface area contributed by atoms with Crippen LogP contribution in [-0.2, 0) is 14.4 Å². The number of nitrogens with one attached hydrogen (secondary N) is 1. The molecule has 8 heteroatoms. The lowest BCUT2D eigenvalue weighted by Gasteiger charge is -2.27. The Morgan fingerprint density at radius 2 is 1.90 bits per heavy atom. The molecule has 0 radical (unpaired) electrons. The normalized spacial score (nSPS) is 28.7. The highest BCUT2D eigenvalue weighted by Crippen LogP contribution is 2.51. The van der Waals surface area contributed by atoms with Crippen molar-refractivity contribution in [2.75, 3.05) is 4.90 Å². The molecule has 2 amide bonds. The maximum atomic E-state index is 13.4. The van der Waals surface area contributed by atoms with Crippen molar-refractivity contribution in [3.8, 4) is 5.75 Å². The highest BCUT2D eigenvalue weighted by Gasteiger charge is 2.67. The number of phenolic OH excluding ortho intramolecular Hbond substituents is 1. The first-order valence-electron chi connectivity index (χ1n) is 9.09. The van der Waals surface area contributed by atoms with Crippen LogP contribution < -0.4 is 10.2 Å². The van der Waals surface area contributed by atoms with E-state index >= 15 is 0 Å². The average molecular weight is 459 g/mol. The number of rotatable bonds is 3. The first-order valence-corrected chi connectivity index (χ1v) is 9.88. The van der Waals surface area contributed by atoms with E-state index in [9.17, 15) is 24.6 Å². The Hall–Kier alpha value is -2.71. The van der Waals surface area contributed by atoms with Crippen molar-refractivity contribution in [1.82, 2.24) is 5.32 Å². The summed E-state index contributed by atoms with van der Waals surface area (Å²) in [5.74, 6) is -4.39. The van der Waals surface area contributed by atoms with Gasteiger partial charge in [-0.25, -0.2) is 4.90 Å². The summed E-state index contributed by atoms with van der Waals surface area (Å²) in [6, 6.07) is 10.9. The predicted octanol–water partition coefficient (Wildman–Crippen LogP) is 2.76. The Morgan fingerprint density at radius 3 is 2.55 bits per heavy atom. The highest BCUT2D eigenvalue weighted by atomic mass is 79.9. The van der Waals surface area contributed by atoms with Gasteiger partial charge in [0.05, 0.1) is 17.5 Å². The monoisotopic (exact) mass is 458 g/mol. The average Bonchev–Trinajstić information content (AvgIpc) is 3.11. The molecule has 0 bridgehead atoms. The number of carbonyl (C=O) groups excluding carboxylic acids is 2. The van der Waals surface area contributed by atoms with E-state index in [1.165, 1.54) is 13.0 Å². The van der Waals surface area contributed by atoms with E-state index in [1.807, 2.05) is 13.0 Å². The van der Waals surface area contributed by atoms with Gasteiger partial charge in [0.2, 0.25) is 11.8 Å². The molecule has 7 nitrogen and oxygen atoms in total. The molecule has 2 fully saturated rings. The topological polar surface area (TPSA) is 107 Å². The number of aryl methyl sites for hydroxylation is 1. The van der Waals surface area contributed by atoms with Crippen LogP contribution in [0.5, 0.6) is 5.75 Å². The number of amides is 2. The number of anilines is 1. The number of hydrogen-bond acceptors (Lipinski definition) is 5. The number of aromatic hydroxyl groups is 1. The van der Waals surface area contributed by atoms with Gasteiger partial charge < -0.3 is 10.2 Å². The van der Waals surface area contributed by atoms with Gasteiger partial charge in [0, 0.05) is 16.1 Å². The number of halogens is 1. The Bertz CT molecular complexity index is 1060. The molecular formula is C21H19BrN2O5. The van der Waals surface area contributed by atoms with Crippen molar-refractivity contribution in [1.29, 1.82) is 0 Å². The van der Waals surface area contributed by atoms with Gasteiger partial charge in [-0.05, 0) is 49.7 Å². The standard InChI is InChI=1S/C21H19BrN2O5/c1-10-4-3-5-12(8-10)24-18(26)15-16(19(24)27)21(2,20(28)29)23-17(15)13-9-11(22)6-7-14(13)25/h3-9,15-17,23,25H,1-2H3,(H,28,29)/t15-,16+,17-,21-/m0/s1. The molecule has 150 valence electrons. The van der Waals surface area contributed by atoms with Gasteiger partial charge in [0.1, 0.15) is 11.3 Å². The Kier molecular flexibility index (Phi) is 4.51. The zero-order valence-corrected chi connectivity index (χ0v) is 17.3. The zero-order valence-electron chi connectivity index (χ0n) is 15.7. The van der Waals surface area contributed by atoms with Gasteiger partial charge in [-0.15, -0.1) is 0 Å². The number of hydrogen-bond donors (Lipinski definition) is 3. The van der Waals surface area contributed by atoms with E-state index < -0.39 is 41.2 Å². The van der Waals surface area contributed by atoms with Crippen molar-refractivity contribution in [3.63, 3.8) is 0 Å². The van der Waals surface area contributed by atoms with Gasteiger partial charge in [0.25, 0.3) is 0 Å². The molecule has 2 saturated heterocycles. The fourth-order valence-corrected chi connectivity index (χ4v) is 4.78. The van der Waals surface area contributed by atoms with Crippen LogP contribution in [0.25, 0.3) is 0 Å². The van der Waals surface area contributed by atoms with Crippen LogP contribution in [0.3, 0.4) is 0 Å². The third-order valence-electron chi connectivity index (χ3n) is 5.82. The molecule has 4 rings (SSSR count). The molecule has 0 aliphatic carbocycles. The number of nitrogens with zero attached hydrogens (tertiary/aromatic N) is 1. The molecule has 0 spiro atoms. The molecular weight excluding hydrogens is 440 g/mol. The minimum atomic E-state index is -1.66. The molecule has 0 aromatic heterocycles. The molecule has 2 aliphatic heterocycles. The maximum absolute atomic E-state index is 13.4. The van der Waals surface area contributed by atoms with E-state index in [0.29, 0.717) is 15.7 Å². The molecule has 2 aromatic rings. The number of aliphatic carboxylic acids is 1. The first-order chi connectivity index (χ1) is 13.6. The van der Waals surface area contributed by atoms with Crippen molar-refractivity contribution < 1.29 is 24.6 Å². The van der Waals surface area contributed by atoms with Gasteiger partial charge in [0.15, 0.2) is 0 Å².